The highest BCUT2D eigenvalue weighted by Crippen LogP contribution is 2.19. The van der Waals surface area contributed by atoms with Crippen LogP contribution in [-0.2, 0) is 15.8 Å². The number of pyridine rings is 1. The molecule has 0 spiro atoms. The van der Waals surface area contributed by atoms with Gasteiger partial charge in [0.05, 0.1) is 11.3 Å². The Hall–Kier alpha value is -1.21. The Kier molecular flexibility index (Phi) is 5.97. The summed E-state index contributed by atoms with van der Waals surface area (Å²) in [6.07, 6.45) is 2.68. The van der Waals surface area contributed by atoms with Gasteiger partial charge in [-0.1, -0.05) is 31.2 Å². The van der Waals surface area contributed by atoms with Crippen molar-refractivity contribution in [3.63, 3.8) is 0 Å². The van der Waals surface area contributed by atoms with Crippen LogP contribution < -0.4 is 10.0 Å². The second kappa shape index (κ2) is 7.57. The van der Waals surface area contributed by atoms with E-state index in [4.69, 9.17) is 0 Å². The van der Waals surface area contributed by atoms with Crippen LogP contribution in [0, 0.1) is 5.92 Å². The van der Waals surface area contributed by atoms with Gasteiger partial charge >= 0.3 is 0 Å². The summed E-state index contributed by atoms with van der Waals surface area (Å²) < 4.78 is 27.8. The largest absolute Gasteiger partial charge is 0.315 e. The molecule has 0 saturated carbocycles. The Morgan fingerprint density at radius 1 is 1.30 bits per heavy atom. The molecule has 0 aliphatic carbocycles. The fourth-order valence-corrected chi connectivity index (χ4v) is 4.41. The molecule has 5 nitrogen and oxygen atoms in total. The van der Waals surface area contributed by atoms with Gasteiger partial charge < -0.3 is 5.32 Å². The van der Waals surface area contributed by atoms with Gasteiger partial charge in [-0.15, -0.1) is 12.4 Å². The summed E-state index contributed by atoms with van der Waals surface area (Å²) in [5.74, 6) is 0.312. The van der Waals surface area contributed by atoms with Crippen molar-refractivity contribution in [1.29, 1.82) is 0 Å². The van der Waals surface area contributed by atoms with Gasteiger partial charge in [0.2, 0.25) is 10.0 Å². The second-order valence-corrected chi connectivity index (χ2v) is 7.70. The van der Waals surface area contributed by atoms with E-state index in [1.54, 1.807) is 6.20 Å². The molecule has 1 fully saturated rings. The number of hydrogen-bond donors (Lipinski definition) is 2. The highest BCUT2D eigenvalue weighted by Gasteiger charge is 2.26. The van der Waals surface area contributed by atoms with E-state index in [9.17, 15) is 8.42 Å². The van der Waals surface area contributed by atoms with Crippen molar-refractivity contribution >= 4 is 33.3 Å². The van der Waals surface area contributed by atoms with Gasteiger partial charge in [0.1, 0.15) is 0 Å². The molecule has 1 aliphatic rings. The highest BCUT2D eigenvalue weighted by atomic mass is 35.5. The summed E-state index contributed by atoms with van der Waals surface area (Å²) in [6, 6.07) is 9.41. The lowest BCUT2D eigenvalue weighted by molar-refractivity contribution is 0.327. The second-order valence-electron chi connectivity index (χ2n) is 5.95. The van der Waals surface area contributed by atoms with Crippen LogP contribution in [0.25, 0.3) is 10.9 Å². The first kappa shape index (κ1) is 18.1. The summed E-state index contributed by atoms with van der Waals surface area (Å²) in [5, 5.41) is 4.20. The van der Waals surface area contributed by atoms with Crippen LogP contribution in [0.5, 0.6) is 0 Å². The number of sulfonamides is 1. The van der Waals surface area contributed by atoms with Crippen molar-refractivity contribution in [2.45, 2.75) is 25.1 Å². The predicted molar refractivity (Wildman–Crippen MR) is 95.2 cm³/mol. The Morgan fingerprint density at radius 3 is 2.87 bits per heavy atom. The van der Waals surface area contributed by atoms with Crippen molar-refractivity contribution in [3.05, 3.63) is 42.1 Å². The number of benzene rings is 1. The molecule has 2 unspecified atom stereocenters. The van der Waals surface area contributed by atoms with Crippen LogP contribution in [0.1, 0.15) is 18.9 Å². The number of piperidine rings is 1. The van der Waals surface area contributed by atoms with Gasteiger partial charge in [-0.25, -0.2) is 13.1 Å². The quantitative estimate of drug-likeness (QED) is 0.880. The standard InChI is InChI=1S/C16H21N3O2S.ClH/c1-12-7-9-17-10-15(12)19-22(20,21)11-14-5-2-4-13-6-3-8-18-16(13)14;/h2-6,8,12,15,17,19H,7,9-11H2,1H3;1H. The Bertz CT molecular complexity index is 762. The van der Waals surface area contributed by atoms with Crippen LogP contribution >= 0.6 is 12.4 Å². The Morgan fingerprint density at radius 2 is 2.09 bits per heavy atom. The van der Waals surface area contributed by atoms with Crippen LogP contribution in [-0.4, -0.2) is 32.5 Å². The maximum atomic E-state index is 12.5. The van der Waals surface area contributed by atoms with Crippen molar-refractivity contribution in [2.24, 2.45) is 5.92 Å². The van der Waals surface area contributed by atoms with E-state index in [1.165, 1.54) is 0 Å². The maximum absolute atomic E-state index is 12.5. The van der Waals surface area contributed by atoms with Crippen molar-refractivity contribution in [2.75, 3.05) is 13.1 Å². The summed E-state index contributed by atoms with van der Waals surface area (Å²) in [6.45, 7) is 3.73. The van der Waals surface area contributed by atoms with Gasteiger partial charge in [-0.2, -0.15) is 0 Å². The normalized spacial score (nSPS) is 21.8. The van der Waals surface area contributed by atoms with E-state index in [0.717, 1.165) is 29.4 Å². The number of hydrogen-bond acceptors (Lipinski definition) is 4. The molecule has 2 atom stereocenters. The number of halogens is 1. The molecule has 23 heavy (non-hydrogen) atoms. The van der Waals surface area contributed by atoms with E-state index >= 15 is 0 Å². The van der Waals surface area contributed by atoms with Crippen LogP contribution in [0.4, 0.5) is 0 Å². The molecule has 2 N–H and O–H groups in total. The lowest BCUT2D eigenvalue weighted by Gasteiger charge is -2.30. The molecule has 0 radical (unpaired) electrons. The number of nitrogens with zero attached hydrogens (tertiary/aromatic N) is 1. The van der Waals surface area contributed by atoms with E-state index in [-0.39, 0.29) is 24.2 Å². The first-order chi connectivity index (χ1) is 10.6. The first-order valence-corrected chi connectivity index (χ1v) is 9.24. The van der Waals surface area contributed by atoms with Gasteiger partial charge in [0.25, 0.3) is 0 Å². The zero-order valence-electron chi connectivity index (χ0n) is 13.0. The van der Waals surface area contributed by atoms with Gasteiger partial charge in [-0.3, -0.25) is 4.98 Å². The number of nitrogens with one attached hydrogen (secondary N) is 2. The number of rotatable bonds is 4. The fourth-order valence-electron chi connectivity index (χ4n) is 2.91. The third kappa shape index (κ3) is 4.41. The van der Waals surface area contributed by atoms with Crippen LogP contribution in [0.15, 0.2) is 36.5 Å². The minimum Gasteiger partial charge on any atom is -0.315 e. The SMILES string of the molecule is CC1CCNCC1NS(=O)(=O)Cc1cccc2cccnc12.Cl. The third-order valence-corrected chi connectivity index (χ3v) is 5.57. The molecule has 1 aliphatic heterocycles. The molecule has 2 heterocycles. The molecule has 0 amide bonds. The van der Waals surface area contributed by atoms with E-state index in [0.29, 0.717) is 12.5 Å². The monoisotopic (exact) mass is 355 g/mol. The van der Waals surface area contributed by atoms with Crippen molar-refractivity contribution in [3.8, 4) is 0 Å². The van der Waals surface area contributed by atoms with E-state index in [2.05, 4.69) is 21.9 Å². The third-order valence-electron chi connectivity index (χ3n) is 4.22. The first-order valence-electron chi connectivity index (χ1n) is 7.58. The van der Waals surface area contributed by atoms with Crippen molar-refractivity contribution < 1.29 is 8.42 Å². The molecule has 1 aromatic carbocycles. The maximum Gasteiger partial charge on any atom is 0.216 e. The van der Waals surface area contributed by atoms with E-state index in [1.807, 2.05) is 30.3 Å². The average molecular weight is 356 g/mol. The zero-order chi connectivity index (χ0) is 15.6. The fraction of sp³-hybridized carbons (Fsp3) is 0.438. The minimum absolute atomic E-state index is 0. The molecule has 7 heteroatoms. The molecule has 126 valence electrons. The highest BCUT2D eigenvalue weighted by molar-refractivity contribution is 7.88. The molecule has 2 aromatic rings. The number of fused-ring (bicyclic) bond motifs is 1. The van der Waals surface area contributed by atoms with Gasteiger partial charge in [-0.05, 0) is 30.5 Å². The molecular formula is C16H22ClN3O2S. The Labute approximate surface area is 143 Å². The number of aromatic nitrogens is 1. The molecule has 1 saturated heterocycles. The number of para-hydroxylation sites is 1. The summed E-state index contributed by atoms with van der Waals surface area (Å²) in [5.41, 5.74) is 1.49. The van der Waals surface area contributed by atoms with Gasteiger partial charge in [0, 0.05) is 24.2 Å². The smallest absolute Gasteiger partial charge is 0.216 e. The summed E-state index contributed by atoms with van der Waals surface area (Å²) >= 11 is 0. The summed E-state index contributed by atoms with van der Waals surface area (Å²) in [7, 11) is -3.39. The molecule has 0 bridgehead atoms. The van der Waals surface area contributed by atoms with E-state index < -0.39 is 10.0 Å². The molecular weight excluding hydrogens is 334 g/mol. The lowest BCUT2D eigenvalue weighted by Crippen LogP contribution is -2.50. The zero-order valence-corrected chi connectivity index (χ0v) is 14.7. The predicted octanol–water partition coefficient (Wildman–Crippen LogP) is 2.07. The minimum atomic E-state index is -3.39. The lowest BCUT2D eigenvalue weighted by atomic mass is 9.96. The Balaban J connectivity index is 0.00000192. The molecule has 1 aromatic heterocycles. The van der Waals surface area contributed by atoms with Crippen LogP contribution in [0.2, 0.25) is 0 Å². The van der Waals surface area contributed by atoms with Crippen LogP contribution in [0.3, 0.4) is 0 Å². The summed E-state index contributed by atoms with van der Waals surface area (Å²) in [4.78, 5) is 4.32. The topological polar surface area (TPSA) is 71.1 Å². The molecule has 3 rings (SSSR count). The van der Waals surface area contributed by atoms with Gasteiger partial charge in [0.15, 0.2) is 0 Å². The average Bonchev–Trinajstić information content (AvgIpc) is 2.49. The van der Waals surface area contributed by atoms with Crippen molar-refractivity contribution in [1.82, 2.24) is 15.0 Å².